The van der Waals surface area contributed by atoms with Crippen LogP contribution in [-0.4, -0.2) is 37.2 Å². The van der Waals surface area contributed by atoms with E-state index in [4.69, 9.17) is 14.2 Å². The number of carbonyl (C=O) groups is 3. The molecule has 6 nitrogen and oxygen atoms in total. The molecule has 0 saturated heterocycles. The molecular formula is C69H112O6. The first-order valence-electron chi connectivity index (χ1n) is 30.7. The zero-order valence-electron chi connectivity index (χ0n) is 48.5. The van der Waals surface area contributed by atoms with Crippen molar-refractivity contribution in [2.45, 2.75) is 271 Å². The molecule has 75 heavy (non-hydrogen) atoms. The molecule has 0 aromatic rings. The second-order valence-corrected chi connectivity index (χ2v) is 19.8. The van der Waals surface area contributed by atoms with E-state index >= 15 is 0 Å². The average molecular weight is 1040 g/mol. The van der Waals surface area contributed by atoms with E-state index in [1.165, 1.54) is 89.9 Å². The van der Waals surface area contributed by atoms with Crippen molar-refractivity contribution in [2.24, 2.45) is 0 Å². The highest BCUT2D eigenvalue weighted by Crippen LogP contribution is 2.15. The Morgan fingerprint density at radius 3 is 0.840 bits per heavy atom. The van der Waals surface area contributed by atoms with Crippen LogP contribution in [0.4, 0.5) is 0 Å². The number of esters is 3. The van der Waals surface area contributed by atoms with Gasteiger partial charge >= 0.3 is 17.9 Å². The lowest BCUT2D eigenvalue weighted by Crippen LogP contribution is -2.30. The van der Waals surface area contributed by atoms with Gasteiger partial charge in [0, 0.05) is 19.3 Å². The maximum atomic E-state index is 12.9. The highest BCUT2D eigenvalue weighted by atomic mass is 16.6. The maximum Gasteiger partial charge on any atom is 0.306 e. The molecule has 1 unspecified atom stereocenters. The lowest BCUT2D eigenvalue weighted by Gasteiger charge is -2.18. The number of allylic oxidation sites excluding steroid dienone is 22. The van der Waals surface area contributed by atoms with E-state index in [0.29, 0.717) is 19.3 Å². The summed E-state index contributed by atoms with van der Waals surface area (Å²) in [7, 11) is 0. The van der Waals surface area contributed by atoms with Crippen LogP contribution in [0.1, 0.15) is 265 Å². The molecule has 0 spiro atoms. The largest absolute Gasteiger partial charge is 0.462 e. The van der Waals surface area contributed by atoms with Crippen LogP contribution in [-0.2, 0) is 28.6 Å². The van der Waals surface area contributed by atoms with Crippen molar-refractivity contribution in [1.29, 1.82) is 0 Å². The number of hydrogen-bond acceptors (Lipinski definition) is 6. The van der Waals surface area contributed by atoms with E-state index in [0.717, 1.165) is 135 Å². The fourth-order valence-corrected chi connectivity index (χ4v) is 8.08. The fourth-order valence-electron chi connectivity index (χ4n) is 8.08. The van der Waals surface area contributed by atoms with Crippen LogP contribution in [0.25, 0.3) is 0 Å². The normalized spacial score (nSPS) is 13.1. The van der Waals surface area contributed by atoms with E-state index in [2.05, 4.69) is 154 Å². The fraction of sp³-hybridized carbons (Fsp3) is 0.638. The Kier molecular flexibility index (Phi) is 58.4. The summed E-state index contributed by atoms with van der Waals surface area (Å²) in [5.41, 5.74) is 0. The lowest BCUT2D eigenvalue weighted by atomic mass is 10.1. The van der Waals surface area contributed by atoms with Crippen molar-refractivity contribution in [1.82, 2.24) is 0 Å². The van der Waals surface area contributed by atoms with Crippen LogP contribution < -0.4 is 0 Å². The van der Waals surface area contributed by atoms with Gasteiger partial charge in [0.15, 0.2) is 6.10 Å². The smallest absolute Gasteiger partial charge is 0.306 e. The minimum atomic E-state index is -0.808. The maximum absolute atomic E-state index is 12.9. The molecule has 0 saturated carbocycles. The lowest BCUT2D eigenvalue weighted by molar-refractivity contribution is -0.167. The monoisotopic (exact) mass is 1040 g/mol. The Hall–Kier alpha value is -4.45. The van der Waals surface area contributed by atoms with Gasteiger partial charge in [0.2, 0.25) is 0 Å². The van der Waals surface area contributed by atoms with Crippen LogP contribution in [0.15, 0.2) is 134 Å². The Labute approximate surface area is 462 Å². The summed E-state index contributed by atoms with van der Waals surface area (Å²) in [6.07, 6.45) is 87.3. The molecule has 424 valence electrons. The SMILES string of the molecule is CC/C=C\C/C=C\C/C=C\C/C=C\C/C=C\CCCCCCCCCCCC(=O)OCC(COC(=O)CCCC/C=C\C/C=C\C/C=C\C/C=C\CC)OC(=O)CCCCCCCCC/C=C\C/C=C\CCCCC. The molecule has 0 aromatic carbocycles. The van der Waals surface area contributed by atoms with Gasteiger partial charge in [-0.1, -0.05) is 244 Å². The minimum absolute atomic E-state index is 0.101. The van der Waals surface area contributed by atoms with Gasteiger partial charge in [0.05, 0.1) is 0 Å². The zero-order valence-corrected chi connectivity index (χ0v) is 48.5. The van der Waals surface area contributed by atoms with Gasteiger partial charge < -0.3 is 14.2 Å². The average Bonchev–Trinajstić information content (AvgIpc) is 3.41. The third kappa shape index (κ3) is 60.3. The minimum Gasteiger partial charge on any atom is -0.462 e. The molecule has 0 radical (unpaired) electrons. The van der Waals surface area contributed by atoms with Gasteiger partial charge in [-0.05, 0) is 135 Å². The predicted octanol–water partition coefficient (Wildman–Crippen LogP) is 21.0. The molecule has 0 amide bonds. The van der Waals surface area contributed by atoms with Crippen molar-refractivity contribution < 1.29 is 28.6 Å². The predicted molar refractivity (Wildman–Crippen MR) is 325 cm³/mol. The van der Waals surface area contributed by atoms with Crippen LogP contribution >= 0.6 is 0 Å². The Balaban J connectivity index is 4.42. The molecule has 0 N–H and O–H groups in total. The van der Waals surface area contributed by atoms with Crippen LogP contribution in [0.3, 0.4) is 0 Å². The summed E-state index contributed by atoms with van der Waals surface area (Å²) in [5, 5.41) is 0. The summed E-state index contributed by atoms with van der Waals surface area (Å²) >= 11 is 0. The first kappa shape index (κ1) is 70.5. The zero-order chi connectivity index (χ0) is 54.3. The molecule has 1 atom stereocenters. The van der Waals surface area contributed by atoms with Gasteiger partial charge in [-0.3, -0.25) is 14.4 Å². The summed E-state index contributed by atoms with van der Waals surface area (Å²) in [5.74, 6) is -0.958. The van der Waals surface area contributed by atoms with E-state index in [-0.39, 0.29) is 31.1 Å². The Morgan fingerprint density at radius 2 is 0.520 bits per heavy atom. The number of ether oxygens (including phenoxy) is 3. The summed E-state index contributed by atoms with van der Waals surface area (Å²) in [6, 6.07) is 0. The van der Waals surface area contributed by atoms with Gasteiger partial charge in [-0.2, -0.15) is 0 Å². The van der Waals surface area contributed by atoms with Gasteiger partial charge in [-0.15, -0.1) is 0 Å². The number of rotatable bonds is 54. The van der Waals surface area contributed by atoms with Gasteiger partial charge in [0.1, 0.15) is 13.2 Å². The van der Waals surface area contributed by atoms with E-state index in [9.17, 15) is 14.4 Å². The first-order chi connectivity index (χ1) is 37.0. The second kappa shape index (κ2) is 62.1. The van der Waals surface area contributed by atoms with Crippen LogP contribution in [0.2, 0.25) is 0 Å². The summed E-state index contributed by atoms with van der Waals surface area (Å²) in [6.45, 7) is 6.34. The molecule has 6 heteroatoms. The summed E-state index contributed by atoms with van der Waals surface area (Å²) in [4.78, 5) is 38.3. The third-order valence-corrected chi connectivity index (χ3v) is 12.6. The van der Waals surface area contributed by atoms with E-state index < -0.39 is 6.10 Å². The second-order valence-electron chi connectivity index (χ2n) is 19.8. The van der Waals surface area contributed by atoms with E-state index in [1.807, 2.05) is 0 Å². The molecule has 0 bridgehead atoms. The van der Waals surface area contributed by atoms with Crippen molar-refractivity contribution >= 4 is 17.9 Å². The van der Waals surface area contributed by atoms with Crippen LogP contribution in [0.5, 0.6) is 0 Å². The molecule has 0 rings (SSSR count). The number of hydrogen-bond donors (Lipinski definition) is 0. The molecule has 0 aliphatic carbocycles. The topological polar surface area (TPSA) is 78.9 Å². The molecular weight excluding hydrogens is 925 g/mol. The molecule has 0 heterocycles. The van der Waals surface area contributed by atoms with Crippen molar-refractivity contribution in [2.75, 3.05) is 13.2 Å². The van der Waals surface area contributed by atoms with Crippen molar-refractivity contribution in [3.8, 4) is 0 Å². The van der Waals surface area contributed by atoms with Crippen molar-refractivity contribution in [3.63, 3.8) is 0 Å². The highest BCUT2D eigenvalue weighted by molar-refractivity contribution is 5.71. The molecule has 0 fully saturated rings. The molecule has 0 aromatic heterocycles. The quantitative estimate of drug-likeness (QED) is 0.0261. The van der Waals surface area contributed by atoms with Gasteiger partial charge in [-0.25, -0.2) is 0 Å². The number of carbonyl (C=O) groups excluding carboxylic acids is 3. The third-order valence-electron chi connectivity index (χ3n) is 12.6. The van der Waals surface area contributed by atoms with Crippen molar-refractivity contribution in [3.05, 3.63) is 134 Å². The molecule has 0 aliphatic rings. The molecule has 0 aliphatic heterocycles. The Bertz CT molecular complexity index is 1620. The summed E-state index contributed by atoms with van der Waals surface area (Å²) < 4.78 is 16.9. The van der Waals surface area contributed by atoms with Crippen LogP contribution in [0, 0.1) is 0 Å². The van der Waals surface area contributed by atoms with E-state index in [1.54, 1.807) is 0 Å². The Morgan fingerprint density at radius 1 is 0.280 bits per heavy atom. The number of unbranched alkanes of at least 4 members (excludes halogenated alkanes) is 21. The van der Waals surface area contributed by atoms with Gasteiger partial charge in [0.25, 0.3) is 0 Å². The first-order valence-corrected chi connectivity index (χ1v) is 30.7. The highest BCUT2D eigenvalue weighted by Gasteiger charge is 2.19. The standard InChI is InChI=1S/C69H112O6/c1-4-7-10-13-16-19-22-25-28-30-31-32-33-34-35-36-37-39-41-44-47-50-53-56-59-62-68(71)74-65-66(64-73-67(70)61-58-55-52-49-46-43-40-27-24-21-18-15-12-9-6-3)75-69(72)63-60-57-54-51-48-45-42-38-29-26-23-20-17-14-11-8-5-2/h7,9-10,12,16-21,25-29,31-32,34-35,40,46,49,66H,4-6,8,11,13-15,22-24,30,33,36-39,41-45,47-48,50-65H2,1-3H3/b10-7-,12-9-,19-16-,20-17-,21-18-,28-25-,29-26-,32-31-,35-34-,40-27-,49-46-.